The number of carbonyl (C=O) groups excluding carboxylic acids is 1. The molecule has 0 radical (unpaired) electrons. The molecule has 2 N–H and O–H groups in total. The van der Waals surface area contributed by atoms with Gasteiger partial charge in [-0.1, -0.05) is 18.2 Å². The number of carbonyl (C=O) groups is 1. The molecule has 8 heteroatoms. The van der Waals surface area contributed by atoms with E-state index in [1.807, 2.05) is 23.6 Å². The number of rotatable bonds is 4. The molecule has 1 aliphatic rings. The van der Waals surface area contributed by atoms with Crippen LogP contribution in [0, 0.1) is 23.0 Å². The first-order valence-corrected chi connectivity index (χ1v) is 9.94. The summed E-state index contributed by atoms with van der Waals surface area (Å²) in [6.45, 7) is 0. The fourth-order valence-electron chi connectivity index (χ4n) is 3.24. The first-order chi connectivity index (χ1) is 15.0. The maximum Gasteiger partial charge on any atom is 0.336 e. The van der Waals surface area contributed by atoms with E-state index in [-0.39, 0.29) is 28.5 Å². The highest BCUT2D eigenvalue weighted by molar-refractivity contribution is 7.10. The van der Waals surface area contributed by atoms with Gasteiger partial charge >= 0.3 is 5.97 Å². The third-order valence-corrected chi connectivity index (χ3v) is 5.45. The second-order valence-corrected chi connectivity index (χ2v) is 7.54. The first kappa shape index (κ1) is 20.3. The molecule has 3 aromatic rings. The minimum absolute atomic E-state index is 0.00151. The lowest BCUT2D eigenvalue weighted by Crippen LogP contribution is -2.21. The van der Waals surface area contributed by atoms with Gasteiger partial charge in [0, 0.05) is 34.2 Å². The van der Waals surface area contributed by atoms with E-state index >= 15 is 0 Å². The Balaban J connectivity index is 1.66. The molecule has 0 spiro atoms. The molecule has 1 unspecified atom stereocenters. The van der Waals surface area contributed by atoms with E-state index in [9.17, 15) is 18.8 Å². The molecule has 0 fully saturated rings. The summed E-state index contributed by atoms with van der Waals surface area (Å²) in [6, 6.07) is 13.3. The zero-order valence-electron chi connectivity index (χ0n) is 15.8. The Kier molecular flexibility index (Phi) is 5.52. The minimum atomic E-state index is -0.891. The molecule has 0 bridgehead atoms. The van der Waals surface area contributed by atoms with Crippen LogP contribution in [0.4, 0.5) is 8.78 Å². The lowest BCUT2D eigenvalue weighted by molar-refractivity contribution is -0.128. The van der Waals surface area contributed by atoms with Crippen molar-refractivity contribution in [2.75, 3.05) is 0 Å². The van der Waals surface area contributed by atoms with Crippen molar-refractivity contribution in [3.63, 3.8) is 0 Å². The van der Waals surface area contributed by atoms with Gasteiger partial charge in [-0.15, -0.1) is 11.3 Å². The molecule has 31 heavy (non-hydrogen) atoms. The van der Waals surface area contributed by atoms with Gasteiger partial charge in [-0.3, -0.25) is 0 Å². The van der Waals surface area contributed by atoms with Crippen LogP contribution >= 0.6 is 11.3 Å². The Hall–Kier alpha value is -3.96. The summed E-state index contributed by atoms with van der Waals surface area (Å²) >= 11 is 1.48. The van der Waals surface area contributed by atoms with Gasteiger partial charge in [0.25, 0.3) is 0 Å². The molecule has 0 saturated carbocycles. The highest BCUT2D eigenvalue weighted by atomic mass is 32.1. The molecule has 0 aliphatic carbocycles. The van der Waals surface area contributed by atoms with Gasteiger partial charge in [0.15, 0.2) is 0 Å². The van der Waals surface area contributed by atoms with E-state index < -0.39 is 23.5 Å². The lowest BCUT2D eigenvalue weighted by atomic mass is 9.83. The summed E-state index contributed by atoms with van der Waals surface area (Å²) in [6.07, 6.45) is 2.93. The summed E-state index contributed by atoms with van der Waals surface area (Å²) in [7, 11) is 0. The monoisotopic (exact) mass is 436 g/mol. The van der Waals surface area contributed by atoms with Gasteiger partial charge in [0.2, 0.25) is 5.88 Å². The topological polar surface area (TPSA) is 85.3 Å². The summed E-state index contributed by atoms with van der Waals surface area (Å²) in [5.41, 5.74) is 6.40. The number of esters is 1. The van der Waals surface area contributed by atoms with Crippen LogP contribution in [0.2, 0.25) is 0 Å². The molecular formula is C23H14F2N2O3S. The van der Waals surface area contributed by atoms with Crippen LogP contribution in [0.25, 0.3) is 6.08 Å². The van der Waals surface area contributed by atoms with Crippen molar-refractivity contribution in [3.05, 3.63) is 99.1 Å². The van der Waals surface area contributed by atoms with E-state index in [0.717, 1.165) is 17.0 Å². The second-order valence-electron chi connectivity index (χ2n) is 6.56. The molecule has 2 aromatic carbocycles. The average Bonchev–Trinajstić information content (AvgIpc) is 3.25. The van der Waals surface area contributed by atoms with Crippen molar-refractivity contribution in [2.45, 2.75) is 5.92 Å². The average molecular weight is 436 g/mol. The van der Waals surface area contributed by atoms with Gasteiger partial charge in [0.05, 0.1) is 5.92 Å². The number of nitrogens with two attached hydrogens (primary N) is 1. The SMILES string of the molecule is N#CC1=C(N)Oc2cc(OC(=O)C=Cc3cccs3)ccc2C1c1ccc(F)cc1F. The molecule has 2 heterocycles. The van der Waals surface area contributed by atoms with Crippen LogP contribution in [-0.4, -0.2) is 5.97 Å². The number of nitriles is 1. The summed E-state index contributed by atoms with van der Waals surface area (Å²) in [5.74, 6) is -2.84. The van der Waals surface area contributed by atoms with Crippen LogP contribution in [0.3, 0.4) is 0 Å². The zero-order chi connectivity index (χ0) is 22.0. The standard InChI is InChI=1S/C23H14F2N2O3S/c24-13-3-6-16(19(25)10-13)22-17-7-4-14(11-20(17)30-23(27)18(22)12-26)29-21(28)8-5-15-2-1-9-31-15/h1-11,22H,27H2. The van der Waals surface area contributed by atoms with E-state index in [4.69, 9.17) is 15.2 Å². The van der Waals surface area contributed by atoms with Crippen molar-refractivity contribution in [2.24, 2.45) is 5.73 Å². The third kappa shape index (κ3) is 4.17. The number of allylic oxidation sites excluding steroid dienone is 1. The van der Waals surface area contributed by atoms with Gasteiger partial charge in [-0.25, -0.2) is 13.6 Å². The third-order valence-electron chi connectivity index (χ3n) is 4.61. The Morgan fingerprint density at radius 3 is 2.71 bits per heavy atom. The van der Waals surface area contributed by atoms with Crippen LogP contribution in [0.15, 0.2) is 71.4 Å². The number of benzene rings is 2. The van der Waals surface area contributed by atoms with Gasteiger partial charge < -0.3 is 15.2 Å². The van der Waals surface area contributed by atoms with Crippen molar-refractivity contribution in [3.8, 4) is 17.6 Å². The maximum absolute atomic E-state index is 14.5. The number of thiophene rings is 1. The highest BCUT2D eigenvalue weighted by Gasteiger charge is 2.32. The smallest absolute Gasteiger partial charge is 0.336 e. The molecule has 1 aromatic heterocycles. The Morgan fingerprint density at radius 2 is 2.00 bits per heavy atom. The lowest BCUT2D eigenvalue weighted by Gasteiger charge is -2.27. The van der Waals surface area contributed by atoms with Gasteiger partial charge in [-0.2, -0.15) is 5.26 Å². The summed E-state index contributed by atoms with van der Waals surface area (Å²) in [4.78, 5) is 13.0. The minimum Gasteiger partial charge on any atom is -0.440 e. The van der Waals surface area contributed by atoms with Gasteiger partial charge in [0.1, 0.15) is 34.8 Å². The molecule has 4 rings (SSSR count). The molecule has 0 amide bonds. The Labute approximate surface area is 180 Å². The normalized spacial score (nSPS) is 15.3. The van der Waals surface area contributed by atoms with Crippen LogP contribution in [-0.2, 0) is 4.79 Å². The van der Waals surface area contributed by atoms with E-state index in [2.05, 4.69) is 0 Å². The quantitative estimate of drug-likeness (QED) is 0.359. The molecule has 0 saturated heterocycles. The number of fused-ring (bicyclic) bond motifs is 1. The number of halogens is 2. The van der Waals surface area contributed by atoms with Crippen LogP contribution < -0.4 is 15.2 Å². The zero-order valence-corrected chi connectivity index (χ0v) is 16.7. The van der Waals surface area contributed by atoms with E-state index in [1.54, 1.807) is 12.1 Å². The molecule has 1 aliphatic heterocycles. The van der Waals surface area contributed by atoms with Crippen molar-refractivity contribution < 1.29 is 23.0 Å². The Morgan fingerprint density at radius 1 is 1.19 bits per heavy atom. The van der Waals surface area contributed by atoms with Crippen LogP contribution in [0.1, 0.15) is 21.9 Å². The molecule has 1 atom stereocenters. The molecule has 154 valence electrons. The largest absolute Gasteiger partial charge is 0.440 e. The summed E-state index contributed by atoms with van der Waals surface area (Å²) < 4.78 is 38.7. The van der Waals surface area contributed by atoms with E-state index in [1.165, 1.54) is 35.6 Å². The molecular weight excluding hydrogens is 422 g/mol. The predicted octanol–water partition coefficient (Wildman–Crippen LogP) is 4.86. The predicted molar refractivity (Wildman–Crippen MR) is 111 cm³/mol. The molecule has 5 nitrogen and oxygen atoms in total. The van der Waals surface area contributed by atoms with Crippen molar-refractivity contribution in [1.29, 1.82) is 5.26 Å². The summed E-state index contributed by atoms with van der Waals surface area (Å²) in [5, 5.41) is 11.4. The van der Waals surface area contributed by atoms with Crippen LogP contribution in [0.5, 0.6) is 11.5 Å². The van der Waals surface area contributed by atoms with E-state index in [0.29, 0.717) is 5.56 Å². The van der Waals surface area contributed by atoms with Crippen molar-refractivity contribution in [1.82, 2.24) is 0 Å². The number of hydrogen-bond donors (Lipinski definition) is 1. The maximum atomic E-state index is 14.5. The number of ether oxygens (including phenoxy) is 2. The highest BCUT2D eigenvalue weighted by Crippen LogP contribution is 2.44. The second kappa shape index (κ2) is 8.42. The van der Waals surface area contributed by atoms with Gasteiger partial charge in [-0.05, 0) is 29.7 Å². The number of nitrogens with zero attached hydrogens (tertiary/aromatic N) is 1. The number of hydrogen-bond acceptors (Lipinski definition) is 6. The first-order valence-electron chi connectivity index (χ1n) is 9.06. The van der Waals surface area contributed by atoms with Crippen molar-refractivity contribution >= 4 is 23.4 Å². The fraction of sp³-hybridized carbons (Fsp3) is 0.0435. The Bertz CT molecular complexity index is 1260. The fourth-order valence-corrected chi connectivity index (χ4v) is 3.86.